The number of amides is 2. The van der Waals surface area contributed by atoms with Crippen LogP contribution < -0.4 is 5.32 Å². The highest BCUT2D eigenvalue weighted by Gasteiger charge is 2.20. The molecule has 4 nitrogen and oxygen atoms in total. The van der Waals surface area contributed by atoms with Crippen molar-refractivity contribution >= 4 is 17.4 Å². The number of rotatable bonds is 2. The van der Waals surface area contributed by atoms with Crippen LogP contribution in [0.2, 0.25) is 0 Å². The maximum Gasteiger partial charge on any atom is 0.318 e. The van der Waals surface area contributed by atoms with Gasteiger partial charge in [-0.3, -0.25) is 0 Å². The first-order valence-corrected chi connectivity index (χ1v) is 7.09. The molecular formula is C13H20N2O2S. The number of carbonyl (C=O) groups is 1. The summed E-state index contributed by atoms with van der Waals surface area (Å²) in [6.45, 7) is 8.87. The van der Waals surface area contributed by atoms with E-state index in [4.69, 9.17) is 4.74 Å². The van der Waals surface area contributed by atoms with E-state index in [1.807, 2.05) is 11.8 Å². The largest absolute Gasteiger partial charge is 0.378 e. The molecule has 5 heteroatoms. The maximum atomic E-state index is 12.1. The number of ether oxygens (including phenoxy) is 1. The van der Waals surface area contributed by atoms with Crippen LogP contribution in [0.3, 0.4) is 0 Å². The van der Waals surface area contributed by atoms with Gasteiger partial charge in [-0.1, -0.05) is 0 Å². The van der Waals surface area contributed by atoms with Crippen LogP contribution in [0, 0.1) is 13.8 Å². The quantitative estimate of drug-likeness (QED) is 0.895. The van der Waals surface area contributed by atoms with Gasteiger partial charge < -0.3 is 15.0 Å². The van der Waals surface area contributed by atoms with E-state index in [1.165, 1.54) is 15.3 Å². The van der Waals surface area contributed by atoms with Crippen molar-refractivity contribution in [3.63, 3.8) is 0 Å². The predicted octanol–water partition coefficient (Wildman–Crippen LogP) is 2.47. The van der Waals surface area contributed by atoms with Crippen molar-refractivity contribution in [1.29, 1.82) is 0 Å². The third kappa shape index (κ3) is 3.03. The molecule has 1 aromatic heterocycles. The topological polar surface area (TPSA) is 41.6 Å². The van der Waals surface area contributed by atoms with E-state index in [0.29, 0.717) is 26.3 Å². The minimum Gasteiger partial charge on any atom is -0.378 e. The summed E-state index contributed by atoms with van der Waals surface area (Å²) in [6.07, 6.45) is 0. The van der Waals surface area contributed by atoms with Crippen LogP contribution in [0.1, 0.15) is 28.3 Å². The summed E-state index contributed by atoms with van der Waals surface area (Å²) in [5.74, 6) is 0. The van der Waals surface area contributed by atoms with Gasteiger partial charge in [-0.2, -0.15) is 0 Å². The second kappa shape index (κ2) is 5.71. The van der Waals surface area contributed by atoms with Crippen molar-refractivity contribution in [1.82, 2.24) is 10.2 Å². The van der Waals surface area contributed by atoms with Gasteiger partial charge in [0, 0.05) is 22.8 Å². The lowest BCUT2D eigenvalue weighted by atomic mass is 10.1. The standard InChI is InChI=1S/C13H20N2O2S/c1-9-8-12(11(3)18-9)10(2)14-13(16)15-4-6-17-7-5-15/h8,10H,4-7H2,1-3H3,(H,14,16). The zero-order chi connectivity index (χ0) is 13.1. The van der Waals surface area contributed by atoms with Gasteiger partial charge in [0.15, 0.2) is 0 Å². The van der Waals surface area contributed by atoms with Crippen molar-refractivity contribution in [2.45, 2.75) is 26.8 Å². The number of thiophene rings is 1. The van der Waals surface area contributed by atoms with E-state index in [2.05, 4.69) is 25.2 Å². The molecule has 1 fully saturated rings. The Hall–Kier alpha value is -1.07. The first kappa shape index (κ1) is 13.4. The number of hydrogen-bond donors (Lipinski definition) is 1. The second-order valence-corrected chi connectivity index (χ2v) is 6.10. The fourth-order valence-corrected chi connectivity index (χ4v) is 3.22. The Labute approximate surface area is 112 Å². The van der Waals surface area contributed by atoms with Crippen LogP contribution in [-0.4, -0.2) is 37.2 Å². The molecule has 2 rings (SSSR count). The number of carbonyl (C=O) groups excluding carboxylic acids is 1. The lowest BCUT2D eigenvalue weighted by Crippen LogP contribution is -2.46. The Morgan fingerprint density at radius 3 is 2.67 bits per heavy atom. The zero-order valence-corrected chi connectivity index (χ0v) is 12.0. The highest BCUT2D eigenvalue weighted by molar-refractivity contribution is 7.12. The summed E-state index contributed by atoms with van der Waals surface area (Å²) in [6, 6.07) is 2.23. The third-order valence-corrected chi connectivity index (χ3v) is 4.17. The fourth-order valence-electron chi connectivity index (χ4n) is 2.20. The Morgan fingerprint density at radius 2 is 2.11 bits per heavy atom. The van der Waals surface area contributed by atoms with Gasteiger partial charge in [-0.15, -0.1) is 11.3 Å². The van der Waals surface area contributed by atoms with E-state index in [-0.39, 0.29) is 12.1 Å². The molecule has 2 amide bonds. The van der Waals surface area contributed by atoms with Crippen LogP contribution in [0.5, 0.6) is 0 Å². The van der Waals surface area contributed by atoms with Crippen molar-refractivity contribution in [3.8, 4) is 0 Å². The molecule has 100 valence electrons. The van der Waals surface area contributed by atoms with Crippen molar-refractivity contribution < 1.29 is 9.53 Å². The highest BCUT2D eigenvalue weighted by Crippen LogP contribution is 2.26. The average Bonchev–Trinajstić information content (AvgIpc) is 2.69. The molecule has 1 aliphatic rings. The molecule has 2 heterocycles. The molecule has 1 atom stereocenters. The number of hydrogen-bond acceptors (Lipinski definition) is 3. The third-order valence-electron chi connectivity index (χ3n) is 3.18. The van der Waals surface area contributed by atoms with Gasteiger partial charge in [0.05, 0.1) is 19.3 Å². The summed E-state index contributed by atoms with van der Waals surface area (Å²) in [5.41, 5.74) is 1.22. The second-order valence-electron chi connectivity index (χ2n) is 4.64. The van der Waals surface area contributed by atoms with E-state index >= 15 is 0 Å². The molecule has 0 bridgehead atoms. The van der Waals surface area contributed by atoms with Crippen LogP contribution in [-0.2, 0) is 4.74 Å². The lowest BCUT2D eigenvalue weighted by Gasteiger charge is -2.28. The van der Waals surface area contributed by atoms with Crippen LogP contribution in [0.4, 0.5) is 4.79 Å². The Morgan fingerprint density at radius 1 is 1.44 bits per heavy atom. The number of nitrogens with one attached hydrogen (secondary N) is 1. The first-order chi connectivity index (χ1) is 8.58. The summed E-state index contributed by atoms with van der Waals surface area (Å²) in [4.78, 5) is 16.4. The van der Waals surface area contributed by atoms with E-state index < -0.39 is 0 Å². The van der Waals surface area contributed by atoms with Gasteiger partial charge in [0.25, 0.3) is 0 Å². The highest BCUT2D eigenvalue weighted by atomic mass is 32.1. The molecule has 0 aliphatic carbocycles. The van der Waals surface area contributed by atoms with E-state index in [1.54, 1.807) is 11.3 Å². The molecule has 0 saturated carbocycles. The molecule has 0 aromatic carbocycles. The normalized spacial score (nSPS) is 17.6. The monoisotopic (exact) mass is 268 g/mol. The number of morpholine rings is 1. The van der Waals surface area contributed by atoms with E-state index in [0.717, 1.165) is 0 Å². The molecule has 18 heavy (non-hydrogen) atoms. The maximum absolute atomic E-state index is 12.1. The molecule has 1 aromatic rings. The molecule has 1 saturated heterocycles. The molecule has 0 radical (unpaired) electrons. The van der Waals surface area contributed by atoms with Crippen LogP contribution in [0.15, 0.2) is 6.07 Å². The van der Waals surface area contributed by atoms with Gasteiger partial charge in [0.2, 0.25) is 0 Å². The molecule has 1 unspecified atom stereocenters. The van der Waals surface area contributed by atoms with Crippen molar-refractivity contribution in [2.75, 3.05) is 26.3 Å². The van der Waals surface area contributed by atoms with Crippen LogP contribution in [0.25, 0.3) is 0 Å². The Kier molecular flexibility index (Phi) is 4.24. The SMILES string of the molecule is Cc1cc(C(C)NC(=O)N2CCOCC2)c(C)s1. The molecule has 1 aliphatic heterocycles. The smallest absolute Gasteiger partial charge is 0.318 e. The lowest BCUT2D eigenvalue weighted by molar-refractivity contribution is 0.0526. The Balaban J connectivity index is 1.96. The number of nitrogens with zero attached hydrogens (tertiary/aromatic N) is 1. The average molecular weight is 268 g/mol. The van der Waals surface area contributed by atoms with Gasteiger partial charge in [-0.05, 0) is 32.4 Å². The number of urea groups is 1. The van der Waals surface area contributed by atoms with Gasteiger partial charge in [-0.25, -0.2) is 4.79 Å². The van der Waals surface area contributed by atoms with Gasteiger partial charge >= 0.3 is 6.03 Å². The predicted molar refractivity (Wildman–Crippen MR) is 73.1 cm³/mol. The van der Waals surface area contributed by atoms with Crippen LogP contribution >= 0.6 is 11.3 Å². The van der Waals surface area contributed by atoms with Crippen molar-refractivity contribution in [3.05, 3.63) is 21.4 Å². The molecule has 0 spiro atoms. The zero-order valence-electron chi connectivity index (χ0n) is 11.2. The van der Waals surface area contributed by atoms with Crippen molar-refractivity contribution in [2.24, 2.45) is 0 Å². The molecule has 1 N–H and O–H groups in total. The Bertz CT molecular complexity index is 425. The number of aryl methyl sites for hydroxylation is 2. The summed E-state index contributed by atoms with van der Waals surface area (Å²) >= 11 is 1.78. The van der Waals surface area contributed by atoms with Gasteiger partial charge in [0.1, 0.15) is 0 Å². The summed E-state index contributed by atoms with van der Waals surface area (Å²) < 4.78 is 5.24. The van der Waals surface area contributed by atoms with E-state index in [9.17, 15) is 4.79 Å². The molecular weight excluding hydrogens is 248 g/mol. The summed E-state index contributed by atoms with van der Waals surface area (Å²) in [7, 11) is 0. The first-order valence-electron chi connectivity index (χ1n) is 6.28. The minimum atomic E-state index is 0.00838. The fraction of sp³-hybridized carbons (Fsp3) is 0.615. The minimum absolute atomic E-state index is 0.00838. The summed E-state index contributed by atoms with van der Waals surface area (Å²) in [5, 5.41) is 3.06.